The normalized spacial score (nSPS) is 20.0. The third kappa shape index (κ3) is 3.71. The highest BCUT2D eigenvalue weighted by molar-refractivity contribution is 7.11. The van der Waals surface area contributed by atoms with Crippen LogP contribution in [0.15, 0.2) is 12.1 Å². The summed E-state index contributed by atoms with van der Waals surface area (Å²) in [5, 5.41) is 4.51. The van der Waals surface area contributed by atoms with Gasteiger partial charge in [-0.15, -0.1) is 11.3 Å². The maximum absolute atomic E-state index is 4.51. The van der Waals surface area contributed by atoms with Crippen molar-refractivity contribution in [2.45, 2.75) is 46.7 Å². The average molecular weight is 304 g/mol. The summed E-state index contributed by atoms with van der Waals surface area (Å²) in [6, 6.07) is 4.50. The standard InChI is InChI=1S/C16H24N4S/c1-12-6-7-16(21-12)11-19-8-4-5-15(9-19)10-20-14(3)17-13(2)18-20/h6-7,15H,4-5,8-11H2,1-3H3/t15-/m0/s1. The fourth-order valence-electron chi connectivity index (χ4n) is 3.21. The molecule has 0 bridgehead atoms. The van der Waals surface area contributed by atoms with E-state index < -0.39 is 0 Å². The molecule has 1 saturated heterocycles. The summed E-state index contributed by atoms with van der Waals surface area (Å²) < 4.78 is 2.08. The molecule has 0 aromatic carbocycles. The lowest BCUT2D eigenvalue weighted by Gasteiger charge is -2.32. The quantitative estimate of drug-likeness (QED) is 0.870. The van der Waals surface area contributed by atoms with Crippen LogP contribution in [0.25, 0.3) is 0 Å². The molecule has 1 fully saturated rings. The van der Waals surface area contributed by atoms with Gasteiger partial charge in [-0.05, 0) is 58.2 Å². The number of hydrogen-bond donors (Lipinski definition) is 0. The number of nitrogens with zero attached hydrogens (tertiary/aromatic N) is 4. The number of likely N-dealkylation sites (tertiary alicyclic amines) is 1. The Morgan fingerprint density at radius 1 is 1.29 bits per heavy atom. The Kier molecular flexibility index (Phi) is 4.40. The predicted molar refractivity (Wildman–Crippen MR) is 86.6 cm³/mol. The molecule has 0 amide bonds. The van der Waals surface area contributed by atoms with Crippen LogP contribution in [0.3, 0.4) is 0 Å². The van der Waals surface area contributed by atoms with E-state index in [2.05, 4.69) is 45.6 Å². The molecule has 1 atom stereocenters. The van der Waals surface area contributed by atoms with Crippen molar-refractivity contribution < 1.29 is 0 Å². The summed E-state index contributed by atoms with van der Waals surface area (Å²) in [6.07, 6.45) is 2.60. The molecule has 21 heavy (non-hydrogen) atoms. The largest absolute Gasteiger partial charge is 0.298 e. The lowest BCUT2D eigenvalue weighted by atomic mass is 9.98. The van der Waals surface area contributed by atoms with Crippen LogP contribution in [-0.2, 0) is 13.1 Å². The number of hydrogen-bond acceptors (Lipinski definition) is 4. The number of piperidine rings is 1. The minimum atomic E-state index is 0.694. The van der Waals surface area contributed by atoms with E-state index in [0.29, 0.717) is 5.92 Å². The van der Waals surface area contributed by atoms with Gasteiger partial charge in [0.05, 0.1) is 0 Å². The maximum atomic E-state index is 4.51. The van der Waals surface area contributed by atoms with E-state index in [-0.39, 0.29) is 0 Å². The van der Waals surface area contributed by atoms with Crippen LogP contribution >= 0.6 is 11.3 Å². The van der Waals surface area contributed by atoms with Crippen molar-refractivity contribution in [3.63, 3.8) is 0 Å². The van der Waals surface area contributed by atoms with Crippen molar-refractivity contribution in [3.05, 3.63) is 33.5 Å². The molecule has 0 aliphatic carbocycles. The Morgan fingerprint density at radius 3 is 2.81 bits per heavy atom. The van der Waals surface area contributed by atoms with Crippen molar-refractivity contribution in [1.29, 1.82) is 0 Å². The van der Waals surface area contributed by atoms with Crippen LogP contribution in [0.5, 0.6) is 0 Å². The molecule has 3 heterocycles. The Balaban J connectivity index is 1.59. The number of thiophene rings is 1. The summed E-state index contributed by atoms with van der Waals surface area (Å²) in [5.41, 5.74) is 0. The van der Waals surface area contributed by atoms with E-state index in [4.69, 9.17) is 0 Å². The Morgan fingerprint density at radius 2 is 2.14 bits per heavy atom. The first-order chi connectivity index (χ1) is 10.1. The number of rotatable bonds is 4. The molecule has 0 radical (unpaired) electrons. The first kappa shape index (κ1) is 14.7. The lowest BCUT2D eigenvalue weighted by molar-refractivity contribution is 0.154. The summed E-state index contributed by atoms with van der Waals surface area (Å²) >= 11 is 1.92. The first-order valence-corrected chi connectivity index (χ1v) is 8.57. The van der Waals surface area contributed by atoms with Crippen LogP contribution in [0.1, 0.15) is 34.2 Å². The van der Waals surface area contributed by atoms with Crippen molar-refractivity contribution in [2.75, 3.05) is 13.1 Å². The van der Waals surface area contributed by atoms with Crippen molar-refractivity contribution >= 4 is 11.3 Å². The van der Waals surface area contributed by atoms with Gasteiger partial charge in [0.2, 0.25) is 0 Å². The molecule has 0 N–H and O–H groups in total. The summed E-state index contributed by atoms with van der Waals surface area (Å²) in [5.74, 6) is 2.62. The van der Waals surface area contributed by atoms with Gasteiger partial charge in [0, 0.05) is 29.4 Å². The highest BCUT2D eigenvalue weighted by Gasteiger charge is 2.21. The molecular formula is C16H24N4S. The molecule has 0 spiro atoms. The van der Waals surface area contributed by atoms with Gasteiger partial charge in [-0.1, -0.05) is 0 Å². The second-order valence-electron chi connectivity index (χ2n) is 6.14. The van der Waals surface area contributed by atoms with Gasteiger partial charge in [-0.3, -0.25) is 4.90 Å². The van der Waals surface area contributed by atoms with E-state index in [0.717, 1.165) is 24.7 Å². The van der Waals surface area contributed by atoms with E-state index >= 15 is 0 Å². The molecule has 114 valence electrons. The maximum Gasteiger partial charge on any atom is 0.147 e. The number of aryl methyl sites for hydroxylation is 3. The van der Waals surface area contributed by atoms with E-state index in [9.17, 15) is 0 Å². The van der Waals surface area contributed by atoms with Crippen LogP contribution in [0, 0.1) is 26.7 Å². The lowest BCUT2D eigenvalue weighted by Crippen LogP contribution is -2.36. The Labute approximate surface area is 130 Å². The Hall–Kier alpha value is -1.20. The third-order valence-corrected chi connectivity index (χ3v) is 5.16. The van der Waals surface area contributed by atoms with Gasteiger partial charge in [0.1, 0.15) is 11.6 Å². The smallest absolute Gasteiger partial charge is 0.147 e. The molecule has 1 aliphatic heterocycles. The third-order valence-electron chi connectivity index (χ3n) is 4.17. The predicted octanol–water partition coefficient (Wildman–Crippen LogP) is 3.18. The zero-order valence-corrected chi connectivity index (χ0v) is 14.0. The van der Waals surface area contributed by atoms with E-state index in [1.807, 2.05) is 18.3 Å². The summed E-state index contributed by atoms with van der Waals surface area (Å²) in [4.78, 5) is 9.90. The van der Waals surface area contributed by atoms with Crippen LogP contribution < -0.4 is 0 Å². The molecule has 0 saturated carbocycles. The van der Waals surface area contributed by atoms with Crippen LogP contribution in [0.2, 0.25) is 0 Å². The molecular weight excluding hydrogens is 280 g/mol. The van der Waals surface area contributed by atoms with Crippen LogP contribution in [0.4, 0.5) is 0 Å². The number of aromatic nitrogens is 3. The van der Waals surface area contributed by atoms with Crippen molar-refractivity contribution in [1.82, 2.24) is 19.7 Å². The van der Waals surface area contributed by atoms with Gasteiger partial charge in [0.25, 0.3) is 0 Å². The van der Waals surface area contributed by atoms with Gasteiger partial charge >= 0.3 is 0 Å². The van der Waals surface area contributed by atoms with Gasteiger partial charge in [-0.2, -0.15) is 5.10 Å². The van der Waals surface area contributed by atoms with Crippen molar-refractivity contribution in [3.8, 4) is 0 Å². The highest BCUT2D eigenvalue weighted by Crippen LogP contribution is 2.23. The molecule has 4 nitrogen and oxygen atoms in total. The Bertz CT molecular complexity index is 601. The molecule has 0 unspecified atom stereocenters. The minimum absolute atomic E-state index is 0.694. The van der Waals surface area contributed by atoms with Crippen LogP contribution in [-0.4, -0.2) is 32.8 Å². The zero-order valence-electron chi connectivity index (χ0n) is 13.2. The van der Waals surface area contributed by atoms with Gasteiger partial charge < -0.3 is 0 Å². The average Bonchev–Trinajstić information content (AvgIpc) is 2.96. The van der Waals surface area contributed by atoms with Crippen molar-refractivity contribution in [2.24, 2.45) is 5.92 Å². The second-order valence-corrected chi connectivity index (χ2v) is 7.52. The zero-order chi connectivity index (χ0) is 14.8. The molecule has 5 heteroatoms. The van der Waals surface area contributed by atoms with Gasteiger partial charge in [-0.25, -0.2) is 9.67 Å². The first-order valence-electron chi connectivity index (χ1n) is 7.76. The SMILES string of the molecule is Cc1nc(C)n(C[C@H]2CCCN(Cc3ccc(C)s3)C2)n1. The summed E-state index contributed by atoms with van der Waals surface area (Å²) in [6.45, 7) is 10.7. The molecule has 2 aromatic rings. The highest BCUT2D eigenvalue weighted by atomic mass is 32.1. The van der Waals surface area contributed by atoms with Gasteiger partial charge in [0.15, 0.2) is 0 Å². The monoisotopic (exact) mass is 304 g/mol. The molecule has 1 aliphatic rings. The fourth-order valence-corrected chi connectivity index (χ4v) is 4.15. The topological polar surface area (TPSA) is 34.0 Å². The molecule has 2 aromatic heterocycles. The van der Waals surface area contributed by atoms with E-state index in [1.54, 1.807) is 0 Å². The second kappa shape index (κ2) is 6.28. The summed E-state index contributed by atoms with van der Waals surface area (Å²) in [7, 11) is 0. The van der Waals surface area contributed by atoms with E-state index in [1.165, 1.54) is 35.7 Å². The molecule has 3 rings (SSSR count). The minimum Gasteiger partial charge on any atom is -0.298 e. The fraction of sp³-hybridized carbons (Fsp3) is 0.625.